The fraction of sp³-hybridized carbons (Fsp3) is 0.636. The third-order valence-electron chi connectivity index (χ3n) is 5.89. The number of aliphatic imine (C=N–C) groups is 1. The number of nitrogens with zero attached hydrogens (tertiary/aromatic N) is 2. The molecule has 1 amide bonds. The standard InChI is InChI=1S/C22H34N4O2/c1-23-22(24-14-5-6-17-9-11-20(27)12-10-17)25-19-13-15-26(16-19)21(28)18-7-3-2-4-8-18/h9-12,18-19,27H,2-8,13-16H2,1H3,(H2,23,24,25). The van der Waals surface area contributed by atoms with E-state index in [4.69, 9.17) is 0 Å². The molecule has 2 aliphatic rings. The second-order valence-corrected chi connectivity index (χ2v) is 8.02. The Balaban J connectivity index is 1.36. The van der Waals surface area contributed by atoms with Gasteiger partial charge in [-0.05, 0) is 49.8 Å². The van der Waals surface area contributed by atoms with Crippen molar-refractivity contribution < 1.29 is 9.90 Å². The van der Waals surface area contributed by atoms with Gasteiger partial charge in [0.25, 0.3) is 0 Å². The number of carbonyl (C=O) groups excluding carboxylic acids is 1. The lowest BCUT2D eigenvalue weighted by Crippen LogP contribution is -2.45. The maximum absolute atomic E-state index is 12.7. The van der Waals surface area contributed by atoms with Gasteiger partial charge in [-0.1, -0.05) is 31.4 Å². The molecule has 1 saturated carbocycles. The van der Waals surface area contributed by atoms with Crippen LogP contribution in [0.3, 0.4) is 0 Å². The molecule has 1 aromatic rings. The summed E-state index contributed by atoms with van der Waals surface area (Å²) >= 11 is 0. The van der Waals surface area contributed by atoms with Gasteiger partial charge in [0.05, 0.1) is 0 Å². The van der Waals surface area contributed by atoms with E-state index in [1.807, 2.05) is 17.0 Å². The van der Waals surface area contributed by atoms with Crippen LogP contribution in [0.15, 0.2) is 29.3 Å². The highest BCUT2D eigenvalue weighted by molar-refractivity contribution is 5.81. The number of phenols is 1. The molecule has 2 fully saturated rings. The van der Waals surface area contributed by atoms with Crippen molar-refractivity contribution in [2.24, 2.45) is 10.9 Å². The van der Waals surface area contributed by atoms with E-state index in [0.29, 0.717) is 11.7 Å². The number of amides is 1. The number of aryl methyl sites for hydroxylation is 1. The number of nitrogens with one attached hydrogen (secondary N) is 2. The predicted octanol–water partition coefficient (Wildman–Crippen LogP) is 2.67. The number of rotatable bonds is 6. The number of guanidine groups is 1. The highest BCUT2D eigenvalue weighted by Gasteiger charge is 2.31. The molecule has 0 radical (unpaired) electrons. The predicted molar refractivity (Wildman–Crippen MR) is 112 cm³/mol. The smallest absolute Gasteiger partial charge is 0.225 e. The van der Waals surface area contributed by atoms with Crippen LogP contribution >= 0.6 is 0 Å². The first-order valence-electron chi connectivity index (χ1n) is 10.7. The van der Waals surface area contributed by atoms with Crippen molar-refractivity contribution in [3.05, 3.63) is 29.8 Å². The molecule has 1 unspecified atom stereocenters. The third-order valence-corrected chi connectivity index (χ3v) is 5.89. The van der Waals surface area contributed by atoms with Crippen LogP contribution in [0, 0.1) is 5.92 Å². The summed E-state index contributed by atoms with van der Waals surface area (Å²) in [5, 5.41) is 16.2. The van der Waals surface area contributed by atoms with Crippen LogP contribution < -0.4 is 10.6 Å². The molecule has 6 nitrogen and oxygen atoms in total. The quantitative estimate of drug-likeness (QED) is 0.399. The first-order valence-corrected chi connectivity index (χ1v) is 10.7. The highest BCUT2D eigenvalue weighted by Crippen LogP contribution is 2.26. The van der Waals surface area contributed by atoms with Gasteiger partial charge >= 0.3 is 0 Å². The number of benzene rings is 1. The summed E-state index contributed by atoms with van der Waals surface area (Å²) in [6, 6.07) is 7.64. The highest BCUT2D eigenvalue weighted by atomic mass is 16.3. The first-order chi connectivity index (χ1) is 13.7. The molecule has 0 aromatic heterocycles. The summed E-state index contributed by atoms with van der Waals surface area (Å²) in [4.78, 5) is 19.1. The molecule has 1 heterocycles. The van der Waals surface area contributed by atoms with Gasteiger partial charge in [0, 0.05) is 38.6 Å². The van der Waals surface area contributed by atoms with E-state index in [-0.39, 0.29) is 12.0 Å². The van der Waals surface area contributed by atoms with E-state index in [1.54, 1.807) is 19.2 Å². The molecule has 1 aliphatic carbocycles. The Morgan fingerprint density at radius 2 is 1.93 bits per heavy atom. The van der Waals surface area contributed by atoms with Crippen LogP contribution in [0.1, 0.15) is 50.5 Å². The number of hydrogen-bond donors (Lipinski definition) is 3. The van der Waals surface area contributed by atoms with Crippen LogP contribution in [0.5, 0.6) is 5.75 Å². The lowest BCUT2D eigenvalue weighted by molar-refractivity contribution is -0.135. The normalized spacial score (nSPS) is 21.0. The average Bonchev–Trinajstić information content (AvgIpc) is 3.20. The number of phenolic OH excluding ortho intramolecular Hbond substituents is 1. The van der Waals surface area contributed by atoms with Crippen molar-refractivity contribution in [3.63, 3.8) is 0 Å². The van der Waals surface area contributed by atoms with Crippen molar-refractivity contribution in [1.82, 2.24) is 15.5 Å². The van der Waals surface area contributed by atoms with Gasteiger partial charge in [-0.25, -0.2) is 0 Å². The van der Waals surface area contributed by atoms with Crippen LogP contribution in [0.4, 0.5) is 0 Å². The summed E-state index contributed by atoms with van der Waals surface area (Å²) in [5.41, 5.74) is 1.22. The Kier molecular flexibility index (Phi) is 7.57. The summed E-state index contributed by atoms with van der Waals surface area (Å²) in [5.74, 6) is 1.73. The number of hydrogen-bond acceptors (Lipinski definition) is 3. The maximum Gasteiger partial charge on any atom is 0.225 e. The molecular formula is C22H34N4O2. The number of likely N-dealkylation sites (tertiary alicyclic amines) is 1. The molecule has 0 spiro atoms. The summed E-state index contributed by atoms with van der Waals surface area (Å²) < 4.78 is 0. The number of carbonyl (C=O) groups is 1. The minimum Gasteiger partial charge on any atom is -0.508 e. The van der Waals surface area contributed by atoms with Gasteiger partial charge in [0.15, 0.2) is 5.96 Å². The molecular weight excluding hydrogens is 352 g/mol. The van der Waals surface area contributed by atoms with Gasteiger partial charge in [0.1, 0.15) is 5.75 Å². The van der Waals surface area contributed by atoms with E-state index in [9.17, 15) is 9.90 Å². The van der Waals surface area contributed by atoms with Crippen molar-refractivity contribution in [3.8, 4) is 5.75 Å². The van der Waals surface area contributed by atoms with Crippen LogP contribution in [-0.4, -0.2) is 54.6 Å². The fourth-order valence-corrected chi connectivity index (χ4v) is 4.24. The van der Waals surface area contributed by atoms with Crippen molar-refractivity contribution in [2.75, 3.05) is 26.7 Å². The second kappa shape index (κ2) is 10.3. The monoisotopic (exact) mass is 386 g/mol. The van der Waals surface area contributed by atoms with Crippen LogP contribution in [0.2, 0.25) is 0 Å². The average molecular weight is 387 g/mol. The molecule has 1 aliphatic heterocycles. The van der Waals surface area contributed by atoms with Gasteiger partial charge in [-0.2, -0.15) is 0 Å². The summed E-state index contributed by atoms with van der Waals surface area (Å²) in [7, 11) is 1.79. The zero-order valence-electron chi connectivity index (χ0n) is 17.0. The van der Waals surface area contributed by atoms with E-state index >= 15 is 0 Å². The Morgan fingerprint density at radius 3 is 2.64 bits per heavy atom. The zero-order chi connectivity index (χ0) is 19.8. The van der Waals surface area contributed by atoms with E-state index in [0.717, 1.165) is 57.7 Å². The molecule has 1 atom stereocenters. The van der Waals surface area contributed by atoms with Crippen LogP contribution in [0.25, 0.3) is 0 Å². The Labute approximate surface area is 168 Å². The fourth-order valence-electron chi connectivity index (χ4n) is 4.24. The van der Waals surface area contributed by atoms with Gasteiger partial charge in [-0.15, -0.1) is 0 Å². The minimum atomic E-state index is 0.254. The van der Waals surface area contributed by atoms with Gasteiger partial charge < -0.3 is 20.6 Å². The third kappa shape index (κ3) is 5.88. The van der Waals surface area contributed by atoms with Crippen molar-refractivity contribution in [1.29, 1.82) is 0 Å². The molecule has 28 heavy (non-hydrogen) atoms. The molecule has 0 bridgehead atoms. The zero-order valence-corrected chi connectivity index (χ0v) is 17.0. The largest absolute Gasteiger partial charge is 0.508 e. The van der Waals surface area contributed by atoms with Crippen molar-refractivity contribution in [2.45, 2.75) is 57.4 Å². The van der Waals surface area contributed by atoms with E-state index in [1.165, 1.54) is 24.8 Å². The Bertz CT molecular complexity index is 653. The lowest BCUT2D eigenvalue weighted by atomic mass is 9.88. The van der Waals surface area contributed by atoms with Gasteiger partial charge in [-0.3, -0.25) is 9.79 Å². The molecule has 3 rings (SSSR count). The summed E-state index contributed by atoms with van der Waals surface area (Å²) in [6.45, 7) is 2.46. The number of aromatic hydroxyl groups is 1. The summed E-state index contributed by atoms with van der Waals surface area (Å²) in [6.07, 6.45) is 8.74. The molecule has 6 heteroatoms. The second-order valence-electron chi connectivity index (χ2n) is 8.02. The SMILES string of the molecule is CN=C(NCCCc1ccc(O)cc1)NC1CCN(C(=O)C2CCCCC2)C1. The van der Waals surface area contributed by atoms with Crippen molar-refractivity contribution >= 4 is 11.9 Å². The Hall–Kier alpha value is -2.24. The minimum absolute atomic E-state index is 0.254. The van der Waals surface area contributed by atoms with Gasteiger partial charge in [0.2, 0.25) is 5.91 Å². The topological polar surface area (TPSA) is 77.0 Å². The maximum atomic E-state index is 12.7. The van der Waals surface area contributed by atoms with E-state index in [2.05, 4.69) is 15.6 Å². The first kappa shape index (κ1) is 20.5. The lowest BCUT2D eigenvalue weighted by Gasteiger charge is -2.26. The molecule has 1 aromatic carbocycles. The Morgan fingerprint density at radius 1 is 1.18 bits per heavy atom. The van der Waals surface area contributed by atoms with E-state index < -0.39 is 0 Å². The molecule has 154 valence electrons. The molecule has 3 N–H and O–H groups in total. The van der Waals surface area contributed by atoms with Crippen LogP contribution in [-0.2, 0) is 11.2 Å². The molecule has 1 saturated heterocycles.